The highest BCUT2D eigenvalue weighted by atomic mass is 16.1. The standard InChI is InChI=1S/C16H21N3O/c1-13(2)11-19-16(17-12-18-19)10-6-9-15(20)14-7-4-3-5-8-14/h3-5,7-8,12-13H,6,9-11H2,1-2H3. The van der Waals surface area contributed by atoms with Crippen LogP contribution in [0.25, 0.3) is 0 Å². The van der Waals surface area contributed by atoms with Crippen LogP contribution in [-0.2, 0) is 13.0 Å². The maximum absolute atomic E-state index is 12.0. The Hall–Kier alpha value is -1.97. The first-order valence-electron chi connectivity index (χ1n) is 7.11. The number of hydrogen-bond acceptors (Lipinski definition) is 3. The van der Waals surface area contributed by atoms with E-state index in [1.807, 2.05) is 35.0 Å². The second-order valence-electron chi connectivity index (χ2n) is 5.39. The van der Waals surface area contributed by atoms with Crippen LogP contribution in [0.1, 0.15) is 42.9 Å². The van der Waals surface area contributed by atoms with Gasteiger partial charge in [0.15, 0.2) is 5.78 Å². The first-order chi connectivity index (χ1) is 9.66. The van der Waals surface area contributed by atoms with Gasteiger partial charge in [-0.15, -0.1) is 0 Å². The molecule has 2 rings (SSSR count). The number of rotatable bonds is 7. The van der Waals surface area contributed by atoms with Crippen LogP contribution in [0.15, 0.2) is 36.7 Å². The van der Waals surface area contributed by atoms with E-state index in [0.717, 1.165) is 30.8 Å². The fraction of sp³-hybridized carbons (Fsp3) is 0.438. The summed E-state index contributed by atoms with van der Waals surface area (Å²) in [6.07, 6.45) is 3.76. The molecule has 0 fully saturated rings. The van der Waals surface area contributed by atoms with Crippen LogP contribution in [0.5, 0.6) is 0 Å². The molecule has 0 aliphatic heterocycles. The van der Waals surface area contributed by atoms with E-state index in [-0.39, 0.29) is 5.78 Å². The first-order valence-corrected chi connectivity index (χ1v) is 7.11. The van der Waals surface area contributed by atoms with Gasteiger partial charge in [0.2, 0.25) is 0 Å². The minimum atomic E-state index is 0.195. The van der Waals surface area contributed by atoms with Crippen LogP contribution in [0.2, 0.25) is 0 Å². The number of aromatic nitrogens is 3. The van der Waals surface area contributed by atoms with Crippen molar-refractivity contribution in [2.24, 2.45) is 5.92 Å². The van der Waals surface area contributed by atoms with Crippen LogP contribution in [0.4, 0.5) is 0 Å². The molecule has 0 saturated heterocycles. The van der Waals surface area contributed by atoms with Gasteiger partial charge in [-0.25, -0.2) is 9.67 Å². The zero-order valence-corrected chi connectivity index (χ0v) is 12.1. The van der Waals surface area contributed by atoms with Crippen molar-refractivity contribution < 1.29 is 4.79 Å². The highest BCUT2D eigenvalue weighted by Crippen LogP contribution is 2.09. The van der Waals surface area contributed by atoms with Crippen LogP contribution < -0.4 is 0 Å². The maximum atomic E-state index is 12.0. The zero-order valence-electron chi connectivity index (χ0n) is 12.1. The maximum Gasteiger partial charge on any atom is 0.162 e. The van der Waals surface area contributed by atoms with Gasteiger partial charge < -0.3 is 0 Å². The van der Waals surface area contributed by atoms with Gasteiger partial charge in [0.05, 0.1) is 0 Å². The average Bonchev–Trinajstić information content (AvgIpc) is 2.86. The molecule has 0 amide bonds. The Morgan fingerprint density at radius 2 is 2.00 bits per heavy atom. The van der Waals surface area contributed by atoms with Crippen LogP contribution in [-0.4, -0.2) is 20.5 Å². The highest BCUT2D eigenvalue weighted by molar-refractivity contribution is 5.95. The number of ketones is 1. The van der Waals surface area contributed by atoms with Gasteiger partial charge in [0.1, 0.15) is 12.2 Å². The molecule has 106 valence electrons. The third-order valence-electron chi connectivity index (χ3n) is 3.13. The molecule has 1 aromatic carbocycles. The third kappa shape index (κ3) is 4.02. The fourth-order valence-corrected chi connectivity index (χ4v) is 2.16. The van der Waals surface area contributed by atoms with Gasteiger partial charge >= 0.3 is 0 Å². The Morgan fingerprint density at radius 1 is 1.25 bits per heavy atom. The van der Waals surface area contributed by atoms with E-state index >= 15 is 0 Å². The monoisotopic (exact) mass is 271 g/mol. The quantitative estimate of drug-likeness (QED) is 0.727. The first kappa shape index (κ1) is 14.4. The number of carbonyl (C=O) groups is 1. The number of hydrogen-bond donors (Lipinski definition) is 0. The summed E-state index contributed by atoms with van der Waals surface area (Å²) in [6.45, 7) is 5.19. The fourth-order valence-electron chi connectivity index (χ4n) is 2.16. The summed E-state index contributed by atoms with van der Waals surface area (Å²) in [5, 5.41) is 4.23. The number of nitrogens with zero attached hydrogens (tertiary/aromatic N) is 3. The molecule has 0 aliphatic carbocycles. The van der Waals surface area contributed by atoms with E-state index in [9.17, 15) is 4.79 Å². The lowest BCUT2D eigenvalue weighted by Crippen LogP contribution is -2.11. The summed E-state index contributed by atoms with van der Waals surface area (Å²) >= 11 is 0. The molecule has 2 aromatic rings. The Labute approximate surface area is 119 Å². The predicted octanol–water partition coefficient (Wildman–Crippen LogP) is 3.14. The lowest BCUT2D eigenvalue weighted by Gasteiger charge is -2.08. The van der Waals surface area contributed by atoms with E-state index in [2.05, 4.69) is 23.9 Å². The molecule has 0 N–H and O–H groups in total. The lowest BCUT2D eigenvalue weighted by atomic mass is 10.1. The van der Waals surface area contributed by atoms with Crippen molar-refractivity contribution in [3.05, 3.63) is 48.0 Å². The minimum Gasteiger partial charge on any atom is -0.294 e. The summed E-state index contributed by atoms with van der Waals surface area (Å²) in [6, 6.07) is 9.44. The number of Topliss-reactive ketones (excluding diaryl/α,β-unsaturated/α-hetero) is 1. The Kier molecular flexibility index (Phi) is 5.04. The number of carbonyl (C=O) groups excluding carboxylic acids is 1. The Balaban J connectivity index is 1.84. The average molecular weight is 271 g/mol. The molecular weight excluding hydrogens is 250 g/mol. The predicted molar refractivity (Wildman–Crippen MR) is 78.6 cm³/mol. The van der Waals surface area contributed by atoms with E-state index < -0.39 is 0 Å². The molecule has 0 atom stereocenters. The number of aryl methyl sites for hydroxylation is 1. The van der Waals surface area contributed by atoms with Gasteiger partial charge in [-0.1, -0.05) is 44.2 Å². The van der Waals surface area contributed by atoms with Gasteiger partial charge in [-0.3, -0.25) is 4.79 Å². The molecule has 0 bridgehead atoms. The summed E-state index contributed by atoms with van der Waals surface area (Å²) in [4.78, 5) is 16.3. The topological polar surface area (TPSA) is 47.8 Å². The minimum absolute atomic E-state index is 0.195. The van der Waals surface area contributed by atoms with Crippen LogP contribution in [0.3, 0.4) is 0 Å². The molecule has 1 heterocycles. The molecule has 4 heteroatoms. The van der Waals surface area contributed by atoms with Crippen molar-refractivity contribution >= 4 is 5.78 Å². The zero-order chi connectivity index (χ0) is 14.4. The van der Waals surface area contributed by atoms with E-state index in [1.54, 1.807) is 6.33 Å². The molecule has 20 heavy (non-hydrogen) atoms. The van der Waals surface area contributed by atoms with E-state index in [4.69, 9.17) is 0 Å². The van der Waals surface area contributed by atoms with Gasteiger partial charge in [0, 0.05) is 24.9 Å². The molecular formula is C16H21N3O. The van der Waals surface area contributed by atoms with Crippen LogP contribution >= 0.6 is 0 Å². The molecule has 0 unspecified atom stereocenters. The van der Waals surface area contributed by atoms with Crippen molar-refractivity contribution in [2.75, 3.05) is 0 Å². The van der Waals surface area contributed by atoms with Gasteiger partial charge in [-0.05, 0) is 12.3 Å². The molecule has 0 aliphatic rings. The van der Waals surface area contributed by atoms with Crippen molar-refractivity contribution in [3.8, 4) is 0 Å². The van der Waals surface area contributed by atoms with Crippen molar-refractivity contribution in [1.29, 1.82) is 0 Å². The largest absolute Gasteiger partial charge is 0.294 e. The number of benzene rings is 1. The Morgan fingerprint density at radius 3 is 2.70 bits per heavy atom. The smallest absolute Gasteiger partial charge is 0.162 e. The molecule has 4 nitrogen and oxygen atoms in total. The highest BCUT2D eigenvalue weighted by Gasteiger charge is 2.09. The van der Waals surface area contributed by atoms with Gasteiger partial charge in [0.25, 0.3) is 0 Å². The summed E-state index contributed by atoms with van der Waals surface area (Å²) in [7, 11) is 0. The van der Waals surface area contributed by atoms with Crippen molar-refractivity contribution in [2.45, 2.75) is 39.7 Å². The molecule has 0 radical (unpaired) electrons. The van der Waals surface area contributed by atoms with Crippen molar-refractivity contribution in [1.82, 2.24) is 14.8 Å². The van der Waals surface area contributed by atoms with E-state index in [0.29, 0.717) is 12.3 Å². The van der Waals surface area contributed by atoms with Crippen LogP contribution in [0, 0.1) is 5.92 Å². The second kappa shape index (κ2) is 6.98. The lowest BCUT2D eigenvalue weighted by molar-refractivity contribution is 0.0980. The molecule has 0 saturated carbocycles. The molecule has 1 aromatic heterocycles. The van der Waals surface area contributed by atoms with Gasteiger partial charge in [-0.2, -0.15) is 5.10 Å². The summed E-state index contributed by atoms with van der Waals surface area (Å²) < 4.78 is 1.94. The normalized spacial score (nSPS) is 10.9. The summed E-state index contributed by atoms with van der Waals surface area (Å²) in [5.41, 5.74) is 0.788. The molecule has 0 spiro atoms. The second-order valence-corrected chi connectivity index (χ2v) is 5.39. The SMILES string of the molecule is CC(C)Cn1ncnc1CCCC(=O)c1ccccc1. The van der Waals surface area contributed by atoms with Crippen molar-refractivity contribution in [3.63, 3.8) is 0 Å². The summed E-state index contributed by atoms with van der Waals surface area (Å²) in [5.74, 6) is 1.71. The Bertz CT molecular complexity index is 546. The third-order valence-corrected chi connectivity index (χ3v) is 3.13. The van der Waals surface area contributed by atoms with E-state index in [1.165, 1.54) is 0 Å².